The summed E-state index contributed by atoms with van der Waals surface area (Å²) in [6, 6.07) is 13.0. The maximum atomic E-state index is 10.9. The summed E-state index contributed by atoms with van der Waals surface area (Å²) in [7, 11) is 0. The summed E-state index contributed by atoms with van der Waals surface area (Å²) in [5, 5.41) is 10.1. The average molecular weight is 284 g/mol. The zero-order valence-corrected chi connectivity index (χ0v) is 11.4. The number of aromatic nitrogens is 2. The zero-order chi connectivity index (χ0) is 13.9. The van der Waals surface area contributed by atoms with Crippen LogP contribution in [0.5, 0.6) is 0 Å². The molecule has 0 spiro atoms. The number of aromatic carboxylic acids is 1. The monoisotopic (exact) mass is 284 g/mol. The highest BCUT2D eigenvalue weighted by atomic mass is 32.2. The summed E-state index contributed by atoms with van der Waals surface area (Å²) in [4.78, 5) is 15.2. The Hall–Kier alpha value is -2.27. The number of rotatable bonds is 4. The molecule has 4 nitrogen and oxygen atoms in total. The summed E-state index contributed by atoms with van der Waals surface area (Å²) in [5.41, 5.74) is 2.23. The standard InChI is InChI=1S/C15H12N2O2S/c18-15(19)12-4-1-3-11(9-12)10-20-14-6-2-5-13-16-7-8-17(13)14/h1-9H,10H2,(H,18,19). The minimum absolute atomic E-state index is 0.323. The lowest BCUT2D eigenvalue weighted by molar-refractivity contribution is 0.0697. The van der Waals surface area contributed by atoms with Gasteiger partial charge in [0.05, 0.1) is 10.6 Å². The van der Waals surface area contributed by atoms with Gasteiger partial charge in [0, 0.05) is 18.1 Å². The first-order chi connectivity index (χ1) is 9.74. The van der Waals surface area contributed by atoms with Crippen molar-refractivity contribution in [3.63, 3.8) is 0 Å². The second-order valence-corrected chi connectivity index (χ2v) is 5.31. The molecule has 0 amide bonds. The van der Waals surface area contributed by atoms with Gasteiger partial charge in [-0.3, -0.25) is 4.40 Å². The van der Waals surface area contributed by atoms with Crippen LogP contribution in [0.25, 0.3) is 5.65 Å². The van der Waals surface area contributed by atoms with Gasteiger partial charge in [0.15, 0.2) is 0 Å². The molecular formula is C15H12N2O2S. The molecule has 0 unspecified atom stereocenters. The Morgan fingerprint density at radius 1 is 1.25 bits per heavy atom. The van der Waals surface area contributed by atoms with Crippen LogP contribution in [0.4, 0.5) is 0 Å². The van der Waals surface area contributed by atoms with E-state index < -0.39 is 5.97 Å². The van der Waals surface area contributed by atoms with Crippen molar-refractivity contribution in [2.24, 2.45) is 0 Å². The first-order valence-corrected chi connectivity index (χ1v) is 7.10. The molecule has 5 heteroatoms. The molecule has 0 aliphatic rings. The smallest absolute Gasteiger partial charge is 0.335 e. The van der Waals surface area contributed by atoms with E-state index >= 15 is 0 Å². The molecule has 100 valence electrons. The minimum Gasteiger partial charge on any atom is -0.478 e. The van der Waals surface area contributed by atoms with Crippen LogP contribution in [-0.2, 0) is 5.75 Å². The van der Waals surface area contributed by atoms with Crippen molar-refractivity contribution in [3.05, 3.63) is 66.0 Å². The molecule has 2 heterocycles. The van der Waals surface area contributed by atoms with Crippen LogP contribution >= 0.6 is 11.8 Å². The lowest BCUT2D eigenvalue weighted by Gasteiger charge is -2.06. The van der Waals surface area contributed by atoms with E-state index in [1.807, 2.05) is 34.9 Å². The van der Waals surface area contributed by atoms with E-state index in [1.165, 1.54) is 0 Å². The Bertz CT molecular complexity index is 767. The van der Waals surface area contributed by atoms with Crippen molar-refractivity contribution in [2.45, 2.75) is 10.8 Å². The molecular weight excluding hydrogens is 272 g/mol. The Morgan fingerprint density at radius 3 is 2.95 bits per heavy atom. The van der Waals surface area contributed by atoms with E-state index in [0.717, 1.165) is 22.0 Å². The number of hydrogen-bond donors (Lipinski definition) is 1. The van der Waals surface area contributed by atoms with Crippen LogP contribution in [-0.4, -0.2) is 20.5 Å². The molecule has 0 atom stereocenters. The summed E-state index contributed by atoms with van der Waals surface area (Å²) >= 11 is 1.66. The van der Waals surface area contributed by atoms with E-state index in [4.69, 9.17) is 5.11 Å². The Balaban J connectivity index is 1.81. The molecule has 0 aliphatic carbocycles. The normalized spacial score (nSPS) is 10.8. The van der Waals surface area contributed by atoms with Gasteiger partial charge < -0.3 is 5.11 Å². The molecule has 1 aromatic carbocycles. The van der Waals surface area contributed by atoms with Crippen LogP contribution in [0.1, 0.15) is 15.9 Å². The molecule has 0 aliphatic heterocycles. The highest BCUT2D eigenvalue weighted by Gasteiger charge is 2.05. The van der Waals surface area contributed by atoms with Crippen LogP contribution < -0.4 is 0 Å². The minimum atomic E-state index is -0.895. The number of thioether (sulfide) groups is 1. The predicted octanol–water partition coefficient (Wildman–Crippen LogP) is 3.32. The number of pyridine rings is 1. The van der Waals surface area contributed by atoms with E-state index in [-0.39, 0.29) is 0 Å². The summed E-state index contributed by atoms with van der Waals surface area (Å²) in [6.07, 6.45) is 3.69. The Kier molecular flexibility index (Phi) is 3.43. The average Bonchev–Trinajstić information content (AvgIpc) is 2.94. The molecule has 20 heavy (non-hydrogen) atoms. The van der Waals surface area contributed by atoms with Gasteiger partial charge in [0.2, 0.25) is 0 Å². The molecule has 2 aromatic heterocycles. The first kappa shape index (κ1) is 12.7. The van der Waals surface area contributed by atoms with Gasteiger partial charge >= 0.3 is 5.97 Å². The lowest BCUT2D eigenvalue weighted by atomic mass is 10.1. The molecule has 3 aromatic rings. The number of nitrogens with zero attached hydrogens (tertiary/aromatic N) is 2. The van der Waals surface area contributed by atoms with E-state index in [1.54, 1.807) is 36.2 Å². The van der Waals surface area contributed by atoms with Crippen LogP contribution in [0.2, 0.25) is 0 Å². The van der Waals surface area contributed by atoms with Crippen LogP contribution in [0, 0.1) is 0 Å². The van der Waals surface area contributed by atoms with E-state index in [9.17, 15) is 4.79 Å². The van der Waals surface area contributed by atoms with E-state index in [0.29, 0.717) is 5.56 Å². The molecule has 3 rings (SSSR count). The van der Waals surface area contributed by atoms with Crippen molar-refractivity contribution in [2.75, 3.05) is 0 Å². The first-order valence-electron chi connectivity index (χ1n) is 6.11. The number of hydrogen-bond acceptors (Lipinski definition) is 3. The van der Waals surface area contributed by atoms with Gasteiger partial charge in [-0.2, -0.15) is 0 Å². The molecule has 1 N–H and O–H groups in total. The quantitative estimate of drug-likeness (QED) is 0.747. The maximum Gasteiger partial charge on any atom is 0.335 e. The van der Waals surface area contributed by atoms with E-state index in [2.05, 4.69) is 4.98 Å². The zero-order valence-electron chi connectivity index (χ0n) is 10.6. The fourth-order valence-electron chi connectivity index (χ4n) is 1.99. The lowest BCUT2D eigenvalue weighted by Crippen LogP contribution is -1.96. The van der Waals surface area contributed by atoms with Gasteiger partial charge in [-0.25, -0.2) is 9.78 Å². The van der Waals surface area contributed by atoms with Crippen LogP contribution in [0.3, 0.4) is 0 Å². The third-order valence-corrected chi connectivity index (χ3v) is 4.06. The summed E-state index contributed by atoms with van der Waals surface area (Å²) in [5.74, 6) is -0.174. The SMILES string of the molecule is O=C(O)c1cccc(CSc2cccc3nccn23)c1. The third kappa shape index (κ3) is 2.53. The second kappa shape index (κ2) is 5.38. The fraction of sp³-hybridized carbons (Fsp3) is 0.0667. The topological polar surface area (TPSA) is 54.6 Å². The fourth-order valence-corrected chi connectivity index (χ4v) is 2.95. The number of fused-ring (bicyclic) bond motifs is 1. The maximum absolute atomic E-state index is 10.9. The van der Waals surface area contributed by atoms with Gasteiger partial charge in [0.25, 0.3) is 0 Å². The number of carbonyl (C=O) groups is 1. The highest BCUT2D eigenvalue weighted by Crippen LogP contribution is 2.23. The van der Waals surface area contributed by atoms with Crippen molar-refractivity contribution in [3.8, 4) is 0 Å². The summed E-state index contributed by atoms with van der Waals surface area (Å²) in [6.45, 7) is 0. The Morgan fingerprint density at radius 2 is 2.10 bits per heavy atom. The van der Waals surface area contributed by atoms with Gasteiger partial charge in [-0.15, -0.1) is 11.8 Å². The predicted molar refractivity (Wildman–Crippen MR) is 78.2 cm³/mol. The van der Waals surface area contributed by atoms with Gasteiger partial charge in [-0.1, -0.05) is 18.2 Å². The number of carboxylic acid groups (broad SMARTS) is 1. The number of imidazole rings is 1. The number of carboxylic acids is 1. The number of benzene rings is 1. The van der Waals surface area contributed by atoms with Crippen molar-refractivity contribution in [1.29, 1.82) is 0 Å². The molecule has 0 saturated heterocycles. The second-order valence-electron chi connectivity index (χ2n) is 4.31. The van der Waals surface area contributed by atoms with Gasteiger partial charge in [0.1, 0.15) is 5.65 Å². The third-order valence-electron chi connectivity index (χ3n) is 2.95. The largest absolute Gasteiger partial charge is 0.478 e. The van der Waals surface area contributed by atoms with Crippen molar-refractivity contribution in [1.82, 2.24) is 9.38 Å². The molecule has 0 fully saturated rings. The summed E-state index contributed by atoms with van der Waals surface area (Å²) < 4.78 is 2.02. The van der Waals surface area contributed by atoms with Crippen molar-refractivity contribution >= 4 is 23.4 Å². The highest BCUT2D eigenvalue weighted by molar-refractivity contribution is 7.98. The molecule has 0 saturated carbocycles. The molecule has 0 bridgehead atoms. The van der Waals surface area contributed by atoms with Crippen molar-refractivity contribution < 1.29 is 9.90 Å². The van der Waals surface area contributed by atoms with Gasteiger partial charge in [-0.05, 0) is 29.8 Å². The Labute approximate surface area is 120 Å². The molecule has 0 radical (unpaired) electrons. The van der Waals surface area contributed by atoms with Crippen LogP contribution in [0.15, 0.2) is 59.9 Å².